The zero-order chi connectivity index (χ0) is 21.4. The zero-order valence-electron chi connectivity index (χ0n) is 16.8. The molecule has 0 saturated carbocycles. The average Bonchev–Trinajstić information content (AvgIpc) is 3.40. The Balaban J connectivity index is 1.18. The maximum atomic E-state index is 12.5. The summed E-state index contributed by atoms with van der Waals surface area (Å²) in [6.07, 6.45) is 0.391. The molecule has 0 atom stereocenters. The van der Waals surface area contributed by atoms with Crippen molar-refractivity contribution in [3.05, 3.63) is 30.3 Å². The summed E-state index contributed by atoms with van der Waals surface area (Å²) in [5, 5.41) is 8.69. The third-order valence-corrected chi connectivity index (χ3v) is 5.72. The predicted octanol–water partition coefficient (Wildman–Crippen LogP) is 0.670. The molecule has 2 fully saturated rings. The largest absolute Gasteiger partial charge is 0.454 e. The molecule has 10 heteroatoms. The van der Waals surface area contributed by atoms with E-state index in [0.29, 0.717) is 31.9 Å². The van der Waals surface area contributed by atoms with Crippen LogP contribution in [0, 0.1) is 0 Å². The fourth-order valence-corrected chi connectivity index (χ4v) is 3.92. The molecule has 1 aromatic heterocycles. The molecule has 2 aromatic rings. The smallest absolute Gasteiger partial charge is 0.242 e. The van der Waals surface area contributed by atoms with E-state index in [1.54, 1.807) is 4.90 Å². The molecule has 2 saturated heterocycles. The maximum Gasteiger partial charge on any atom is 0.242 e. The van der Waals surface area contributed by atoms with E-state index in [9.17, 15) is 14.4 Å². The van der Waals surface area contributed by atoms with Crippen molar-refractivity contribution in [3.8, 4) is 22.8 Å². The van der Waals surface area contributed by atoms with E-state index in [4.69, 9.17) is 9.47 Å². The number of amides is 3. The van der Waals surface area contributed by atoms with E-state index < -0.39 is 0 Å². The number of nitrogens with zero attached hydrogens (tertiary/aromatic N) is 5. The van der Waals surface area contributed by atoms with Crippen LogP contribution in [0.15, 0.2) is 30.3 Å². The minimum atomic E-state index is -0.269. The van der Waals surface area contributed by atoms with Crippen LogP contribution >= 0.6 is 0 Å². The van der Waals surface area contributed by atoms with E-state index in [0.717, 1.165) is 27.7 Å². The van der Waals surface area contributed by atoms with Gasteiger partial charge in [0, 0.05) is 44.6 Å². The van der Waals surface area contributed by atoms with Crippen LogP contribution in [-0.2, 0) is 14.4 Å². The van der Waals surface area contributed by atoms with Crippen molar-refractivity contribution in [1.82, 2.24) is 20.0 Å². The lowest BCUT2D eigenvalue weighted by Crippen LogP contribution is -2.52. The van der Waals surface area contributed by atoms with Crippen LogP contribution in [-0.4, -0.2) is 77.2 Å². The number of rotatable bonds is 4. The number of fused-ring (bicyclic) bond motifs is 1. The first-order valence-corrected chi connectivity index (χ1v) is 10.2. The van der Waals surface area contributed by atoms with Crippen LogP contribution in [0.5, 0.6) is 11.5 Å². The molecule has 0 radical (unpaired) electrons. The number of piperazine rings is 1. The van der Waals surface area contributed by atoms with Crippen LogP contribution in [0.2, 0.25) is 0 Å². The summed E-state index contributed by atoms with van der Waals surface area (Å²) in [7, 11) is 0. The number of hydrogen-bond acceptors (Lipinski definition) is 8. The number of likely N-dealkylation sites (tertiary alicyclic amines) is 1. The van der Waals surface area contributed by atoms with Crippen LogP contribution < -0.4 is 14.4 Å². The van der Waals surface area contributed by atoms with Gasteiger partial charge < -0.3 is 19.3 Å². The molecule has 3 aliphatic heterocycles. The molecule has 1 aromatic carbocycles. The average molecular weight is 423 g/mol. The SMILES string of the molecule is O=C(CN1C(=O)CCC1=O)N1CCN(c2ccc(-c3ccc4c(c3)OCO4)nn2)CC1. The number of aromatic nitrogens is 2. The van der Waals surface area contributed by atoms with Crippen molar-refractivity contribution in [2.45, 2.75) is 12.8 Å². The van der Waals surface area contributed by atoms with Gasteiger partial charge in [0.15, 0.2) is 17.3 Å². The lowest BCUT2D eigenvalue weighted by molar-refractivity contribution is -0.145. The standard InChI is InChI=1S/C21H21N5O5/c27-19-5-6-20(28)26(19)12-21(29)25-9-7-24(8-10-25)18-4-2-15(22-23-18)14-1-3-16-17(11-14)31-13-30-16/h1-4,11H,5-10,12-13H2. The summed E-state index contributed by atoms with van der Waals surface area (Å²) in [6.45, 7) is 2.27. The Kier molecular flexibility index (Phi) is 4.89. The molecule has 10 nitrogen and oxygen atoms in total. The summed E-state index contributed by atoms with van der Waals surface area (Å²) in [6, 6.07) is 9.46. The van der Waals surface area contributed by atoms with Gasteiger partial charge in [-0.25, -0.2) is 0 Å². The molecule has 5 rings (SSSR count). The van der Waals surface area contributed by atoms with Crippen molar-refractivity contribution in [1.29, 1.82) is 0 Å². The highest BCUT2D eigenvalue weighted by molar-refractivity contribution is 6.04. The summed E-state index contributed by atoms with van der Waals surface area (Å²) >= 11 is 0. The Bertz CT molecular complexity index is 1020. The topological polar surface area (TPSA) is 105 Å². The third kappa shape index (κ3) is 3.76. The van der Waals surface area contributed by atoms with Crippen LogP contribution in [0.1, 0.15) is 12.8 Å². The van der Waals surface area contributed by atoms with Gasteiger partial charge in [-0.2, -0.15) is 0 Å². The fraction of sp³-hybridized carbons (Fsp3) is 0.381. The first kappa shape index (κ1) is 19.3. The Labute approximate surface area is 178 Å². The van der Waals surface area contributed by atoms with E-state index in [-0.39, 0.29) is 43.9 Å². The molecule has 0 aliphatic carbocycles. The summed E-state index contributed by atoms with van der Waals surface area (Å²) in [5.41, 5.74) is 1.63. The van der Waals surface area contributed by atoms with Crippen LogP contribution in [0.3, 0.4) is 0 Å². The minimum absolute atomic E-state index is 0.165. The van der Waals surface area contributed by atoms with E-state index in [2.05, 4.69) is 15.1 Å². The Morgan fingerprint density at radius 3 is 2.35 bits per heavy atom. The maximum absolute atomic E-state index is 12.5. The van der Waals surface area contributed by atoms with E-state index in [1.165, 1.54) is 0 Å². The Morgan fingerprint density at radius 1 is 0.903 bits per heavy atom. The number of hydrogen-bond donors (Lipinski definition) is 0. The molecule has 4 heterocycles. The molecular weight excluding hydrogens is 402 g/mol. The quantitative estimate of drug-likeness (QED) is 0.661. The summed E-state index contributed by atoms with van der Waals surface area (Å²) in [5.74, 6) is 1.42. The van der Waals surface area contributed by atoms with Gasteiger partial charge in [0.05, 0.1) is 5.69 Å². The summed E-state index contributed by atoms with van der Waals surface area (Å²) < 4.78 is 10.7. The zero-order valence-corrected chi connectivity index (χ0v) is 16.8. The van der Waals surface area contributed by atoms with E-state index in [1.807, 2.05) is 30.3 Å². The highest BCUT2D eigenvalue weighted by atomic mass is 16.7. The second-order valence-electron chi connectivity index (χ2n) is 7.59. The van der Waals surface area contributed by atoms with Crippen molar-refractivity contribution < 1.29 is 23.9 Å². The van der Waals surface area contributed by atoms with Crippen molar-refractivity contribution in [2.24, 2.45) is 0 Å². The molecule has 0 bridgehead atoms. The monoisotopic (exact) mass is 423 g/mol. The van der Waals surface area contributed by atoms with Gasteiger partial charge in [-0.15, -0.1) is 10.2 Å². The van der Waals surface area contributed by atoms with Gasteiger partial charge >= 0.3 is 0 Å². The van der Waals surface area contributed by atoms with E-state index >= 15 is 0 Å². The van der Waals surface area contributed by atoms with Crippen molar-refractivity contribution in [2.75, 3.05) is 44.4 Å². The molecular formula is C21H21N5O5. The molecule has 0 spiro atoms. The number of anilines is 1. The first-order chi connectivity index (χ1) is 15.1. The van der Waals surface area contributed by atoms with Gasteiger partial charge in [0.25, 0.3) is 0 Å². The van der Waals surface area contributed by atoms with Gasteiger partial charge in [0.2, 0.25) is 24.5 Å². The second kappa shape index (κ2) is 7.86. The molecule has 31 heavy (non-hydrogen) atoms. The highest BCUT2D eigenvalue weighted by Crippen LogP contribution is 2.35. The van der Waals surface area contributed by atoms with Crippen molar-refractivity contribution in [3.63, 3.8) is 0 Å². The van der Waals surface area contributed by atoms with Crippen LogP contribution in [0.25, 0.3) is 11.3 Å². The predicted molar refractivity (Wildman–Crippen MR) is 108 cm³/mol. The fourth-order valence-electron chi connectivity index (χ4n) is 3.92. The Hall–Kier alpha value is -3.69. The van der Waals surface area contributed by atoms with Crippen molar-refractivity contribution >= 4 is 23.5 Å². The normalized spacial score (nSPS) is 18.1. The molecule has 3 amide bonds. The number of carbonyl (C=O) groups excluding carboxylic acids is 3. The number of ether oxygens (including phenoxy) is 2. The Morgan fingerprint density at radius 2 is 1.65 bits per heavy atom. The minimum Gasteiger partial charge on any atom is -0.454 e. The first-order valence-electron chi connectivity index (χ1n) is 10.2. The number of imide groups is 1. The highest BCUT2D eigenvalue weighted by Gasteiger charge is 2.32. The van der Waals surface area contributed by atoms with Gasteiger partial charge in [0.1, 0.15) is 6.54 Å². The number of benzene rings is 1. The molecule has 3 aliphatic rings. The number of carbonyl (C=O) groups is 3. The van der Waals surface area contributed by atoms with Gasteiger partial charge in [-0.1, -0.05) is 0 Å². The van der Waals surface area contributed by atoms with Crippen LogP contribution in [0.4, 0.5) is 5.82 Å². The second-order valence-corrected chi connectivity index (χ2v) is 7.59. The third-order valence-electron chi connectivity index (χ3n) is 5.72. The van der Waals surface area contributed by atoms with Gasteiger partial charge in [-0.05, 0) is 30.3 Å². The molecule has 160 valence electrons. The molecule has 0 unspecified atom stereocenters. The summed E-state index contributed by atoms with van der Waals surface area (Å²) in [4.78, 5) is 40.7. The lowest BCUT2D eigenvalue weighted by atomic mass is 10.1. The lowest BCUT2D eigenvalue weighted by Gasteiger charge is -2.35. The molecule has 0 N–H and O–H groups in total. The van der Waals surface area contributed by atoms with Gasteiger partial charge in [-0.3, -0.25) is 19.3 Å².